The molecule has 1 aliphatic heterocycles. The summed E-state index contributed by atoms with van der Waals surface area (Å²) in [5.74, 6) is 0.484. The van der Waals surface area contributed by atoms with Crippen LogP contribution >= 0.6 is 0 Å². The lowest BCUT2D eigenvalue weighted by Crippen LogP contribution is -2.29. The Morgan fingerprint density at radius 3 is 2.48 bits per heavy atom. The van der Waals surface area contributed by atoms with Crippen LogP contribution in [0.3, 0.4) is 0 Å². The number of fused-ring (bicyclic) bond motifs is 2. The van der Waals surface area contributed by atoms with E-state index < -0.39 is 6.04 Å². The Morgan fingerprint density at radius 2 is 1.79 bits per heavy atom. The van der Waals surface area contributed by atoms with Crippen LogP contribution in [0.15, 0.2) is 69.9 Å². The molecule has 1 aromatic heterocycles. The number of carbonyl (C=O) groups is 1. The first-order valence-corrected chi connectivity index (χ1v) is 10.7. The third kappa shape index (κ3) is 3.44. The molecule has 33 heavy (non-hydrogen) atoms. The molecule has 0 radical (unpaired) electrons. The zero-order valence-electron chi connectivity index (χ0n) is 18.6. The van der Waals surface area contributed by atoms with Crippen molar-refractivity contribution in [2.45, 2.75) is 26.4 Å². The van der Waals surface area contributed by atoms with Gasteiger partial charge in [-0.2, -0.15) is 0 Å². The van der Waals surface area contributed by atoms with Gasteiger partial charge in [-0.05, 0) is 66.4 Å². The molecule has 0 saturated heterocycles. The number of aromatic hydroxyl groups is 1. The van der Waals surface area contributed by atoms with Crippen LogP contribution in [0, 0.1) is 13.8 Å². The number of methoxy groups -OCH3 is 1. The van der Waals surface area contributed by atoms with Gasteiger partial charge in [0, 0.05) is 6.54 Å². The van der Waals surface area contributed by atoms with Gasteiger partial charge in [0.25, 0.3) is 5.91 Å². The van der Waals surface area contributed by atoms with Crippen LogP contribution < -0.4 is 10.2 Å². The summed E-state index contributed by atoms with van der Waals surface area (Å²) in [7, 11) is 1.60. The van der Waals surface area contributed by atoms with Gasteiger partial charge < -0.3 is 19.2 Å². The van der Waals surface area contributed by atoms with E-state index in [1.807, 2.05) is 44.2 Å². The SMILES string of the molecule is COc1ccc(CN2C(=O)c3oc4c(C)cc(C)cc4c(=O)c3C2c2cccc(O)c2)cc1. The number of phenolic OH excluding ortho intramolecular Hbond substituents is 1. The van der Waals surface area contributed by atoms with Crippen molar-refractivity contribution in [3.05, 3.63) is 104 Å². The molecule has 2 heterocycles. The molecule has 1 aliphatic rings. The van der Waals surface area contributed by atoms with Crippen LogP contribution in [-0.2, 0) is 6.54 Å². The molecule has 1 atom stereocenters. The Balaban J connectivity index is 1.72. The molecule has 166 valence electrons. The smallest absolute Gasteiger partial charge is 0.291 e. The van der Waals surface area contributed by atoms with Gasteiger partial charge in [-0.1, -0.05) is 30.3 Å². The molecule has 6 nitrogen and oxygen atoms in total. The number of hydrogen-bond acceptors (Lipinski definition) is 5. The Bertz CT molecular complexity index is 1450. The van der Waals surface area contributed by atoms with Gasteiger partial charge in [-0.25, -0.2) is 0 Å². The minimum atomic E-state index is -0.678. The summed E-state index contributed by atoms with van der Waals surface area (Å²) >= 11 is 0. The molecular formula is C27H23NO5. The van der Waals surface area contributed by atoms with Crippen LogP contribution in [0.25, 0.3) is 11.0 Å². The number of phenols is 1. The van der Waals surface area contributed by atoms with E-state index >= 15 is 0 Å². The van der Waals surface area contributed by atoms with E-state index in [9.17, 15) is 14.7 Å². The van der Waals surface area contributed by atoms with Gasteiger partial charge in [0.15, 0.2) is 5.43 Å². The summed E-state index contributed by atoms with van der Waals surface area (Å²) in [6.07, 6.45) is 0. The second kappa shape index (κ2) is 7.81. The topological polar surface area (TPSA) is 80.0 Å². The maximum Gasteiger partial charge on any atom is 0.291 e. The average Bonchev–Trinajstić information content (AvgIpc) is 3.07. The number of aryl methyl sites for hydroxylation is 2. The fourth-order valence-electron chi connectivity index (χ4n) is 4.61. The summed E-state index contributed by atoms with van der Waals surface area (Å²) in [6, 6.07) is 17.1. The lowest BCUT2D eigenvalue weighted by Gasteiger charge is -2.25. The highest BCUT2D eigenvalue weighted by Crippen LogP contribution is 2.40. The van der Waals surface area contributed by atoms with Crippen molar-refractivity contribution in [3.63, 3.8) is 0 Å². The van der Waals surface area contributed by atoms with E-state index in [1.54, 1.807) is 42.3 Å². The lowest BCUT2D eigenvalue weighted by atomic mass is 9.97. The van der Waals surface area contributed by atoms with E-state index in [2.05, 4.69) is 0 Å². The average molecular weight is 441 g/mol. The zero-order valence-corrected chi connectivity index (χ0v) is 18.6. The van der Waals surface area contributed by atoms with Crippen molar-refractivity contribution < 1.29 is 19.1 Å². The molecule has 0 bridgehead atoms. The van der Waals surface area contributed by atoms with E-state index in [1.165, 1.54) is 0 Å². The fourth-order valence-corrected chi connectivity index (χ4v) is 4.61. The molecule has 1 amide bonds. The van der Waals surface area contributed by atoms with Gasteiger partial charge in [0.2, 0.25) is 5.76 Å². The summed E-state index contributed by atoms with van der Waals surface area (Å²) in [6.45, 7) is 4.06. The second-order valence-corrected chi connectivity index (χ2v) is 8.41. The molecular weight excluding hydrogens is 418 g/mol. The molecule has 4 aromatic rings. The maximum absolute atomic E-state index is 13.7. The van der Waals surface area contributed by atoms with E-state index in [-0.39, 0.29) is 29.4 Å². The first kappa shape index (κ1) is 20.8. The summed E-state index contributed by atoms with van der Waals surface area (Å²) in [5, 5.41) is 10.6. The molecule has 5 rings (SSSR count). The van der Waals surface area contributed by atoms with Gasteiger partial charge in [-0.3, -0.25) is 9.59 Å². The highest BCUT2D eigenvalue weighted by molar-refractivity contribution is 5.99. The maximum atomic E-state index is 13.7. The molecule has 1 N–H and O–H groups in total. The fraction of sp³-hybridized carbons (Fsp3) is 0.185. The van der Waals surface area contributed by atoms with Crippen LogP contribution in [-0.4, -0.2) is 23.0 Å². The predicted octanol–water partition coefficient (Wildman–Crippen LogP) is 4.87. The van der Waals surface area contributed by atoms with Crippen LogP contribution in [0.2, 0.25) is 0 Å². The number of carbonyl (C=O) groups excluding carboxylic acids is 1. The Hall–Kier alpha value is -4.06. The number of hydrogen-bond donors (Lipinski definition) is 1. The van der Waals surface area contributed by atoms with Gasteiger partial charge in [0.1, 0.15) is 17.1 Å². The molecule has 1 unspecified atom stereocenters. The second-order valence-electron chi connectivity index (χ2n) is 8.41. The van der Waals surface area contributed by atoms with Crippen LogP contribution in [0.1, 0.15) is 44.4 Å². The van der Waals surface area contributed by atoms with Crippen molar-refractivity contribution >= 4 is 16.9 Å². The number of amides is 1. The first-order chi connectivity index (χ1) is 15.9. The molecule has 0 spiro atoms. The highest BCUT2D eigenvalue weighted by Gasteiger charge is 2.43. The predicted molar refractivity (Wildman–Crippen MR) is 125 cm³/mol. The number of nitrogens with zero attached hydrogens (tertiary/aromatic N) is 1. The largest absolute Gasteiger partial charge is 0.508 e. The minimum absolute atomic E-state index is 0.0568. The third-order valence-electron chi connectivity index (χ3n) is 6.10. The number of rotatable bonds is 4. The molecule has 0 fully saturated rings. The third-order valence-corrected chi connectivity index (χ3v) is 6.10. The molecule has 0 saturated carbocycles. The van der Waals surface area contributed by atoms with Crippen LogP contribution in [0.4, 0.5) is 0 Å². The summed E-state index contributed by atoms with van der Waals surface area (Å²) in [5.41, 5.74) is 3.78. The minimum Gasteiger partial charge on any atom is -0.508 e. The van der Waals surface area contributed by atoms with Gasteiger partial charge in [0.05, 0.1) is 24.1 Å². The van der Waals surface area contributed by atoms with E-state index in [0.717, 1.165) is 16.7 Å². The first-order valence-electron chi connectivity index (χ1n) is 10.7. The van der Waals surface area contributed by atoms with Crippen molar-refractivity contribution in [2.75, 3.05) is 7.11 Å². The Morgan fingerprint density at radius 1 is 1.03 bits per heavy atom. The Labute approximate surface area is 190 Å². The van der Waals surface area contributed by atoms with Gasteiger partial charge in [-0.15, -0.1) is 0 Å². The monoisotopic (exact) mass is 441 g/mol. The molecule has 6 heteroatoms. The Kier molecular flexibility index (Phi) is 4.93. The number of ether oxygens (including phenoxy) is 1. The van der Waals surface area contributed by atoms with E-state index in [0.29, 0.717) is 27.8 Å². The molecule has 0 aliphatic carbocycles. The quantitative estimate of drug-likeness (QED) is 0.489. The summed E-state index contributed by atoms with van der Waals surface area (Å²) in [4.78, 5) is 28.9. The molecule has 3 aromatic carbocycles. The van der Waals surface area contributed by atoms with Crippen molar-refractivity contribution in [1.82, 2.24) is 4.90 Å². The van der Waals surface area contributed by atoms with Crippen molar-refractivity contribution in [3.8, 4) is 11.5 Å². The van der Waals surface area contributed by atoms with Crippen molar-refractivity contribution in [2.24, 2.45) is 0 Å². The summed E-state index contributed by atoms with van der Waals surface area (Å²) < 4.78 is 11.3. The lowest BCUT2D eigenvalue weighted by molar-refractivity contribution is 0.0714. The zero-order chi connectivity index (χ0) is 23.3. The van der Waals surface area contributed by atoms with Crippen molar-refractivity contribution in [1.29, 1.82) is 0 Å². The standard InChI is InChI=1S/C27H23NO5/c1-15-11-16(2)25-21(12-15)24(30)22-23(18-5-4-6-19(29)13-18)28(27(31)26(22)33-25)14-17-7-9-20(32-3)10-8-17/h4-13,23,29H,14H2,1-3H3. The van der Waals surface area contributed by atoms with Crippen LogP contribution in [0.5, 0.6) is 11.5 Å². The number of benzene rings is 3. The normalized spacial score (nSPS) is 15.2. The van der Waals surface area contributed by atoms with E-state index in [4.69, 9.17) is 9.15 Å². The highest BCUT2D eigenvalue weighted by atomic mass is 16.5. The van der Waals surface area contributed by atoms with Gasteiger partial charge >= 0.3 is 0 Å².